The lowest BCUT2D eigenvalue weighted by Crippen LogP contribution is -2.15. The Balaban J connectivity index is 2.21. The molecule has 4 nitrogen and oxygen atoms in total. The molecular weight excluding hydrogens is 228 g/mol. The Labute approximate surface area is 106 Å². The third-order valence-corrected chi connectivity index (χ3v) is 3.28. The molecule has 0 radical (unpaired) electrons. The Bertz CT molecular complexity index is 583. The molecule has 1 aliphatic rings. The number of fused-ring (bicyclic) bond motifs is 2. The summed E-state index contributed by atoms with van der Waals surface area (Å²) in [4.78, 5) is 4.45. The molecule has 2 heterocycles. The van der Waals surface area contributed by atoms with Gasteiger partial charge in [0.15, 0.2) is 11.5 Å². The first-order valence-electron chi connectivity index (χ1n) is 6.18. The van der Waals surface area contributed by atoms with Crippen molar-refractivity contribution in [1.82, 2.24) is 4.98 Å². The van der Waals surface area contributed by atoms with Crippen LogP contribution < -0.4 is 15.2 Å². The van der Waals surface area contributed by atoms with Crippen molar-refractivity contribution < 1.29 is 9.47 Å². The third-order valence-electron chi connectivity index (χ3n) is 3.28. The Hall–Kier alpha value is -1.81. The van der Waals surface area contributed by atoms with E-state index < -0.39 is 0 Å². The van der Waals surface area contributed by atoms with Gasteiger partial charge in [-0.15, -0.1) is 0 Å². The van der Waals surface area contributed by atoms with Crippen LogP contribution in [0.5, 0.6) is 11.5 Å². The number of rotatable bonds is 2. The number of nitrogens with two attached hydrogens (primary N) is 1. The van der Waals surface area contributed by atoms with Crippen LogP contribution in [0.3, 0.4) is 0 Å². The molecule has 4 heteroatoms. The number of ether oxygens (including phenoxy) is 2. The van der Waals surface area contributed by atoms with Gasteiger partial charge >= 0.3 is 0 Å². The fourth-order valence-corrected chi connectivity index (χ4v) is 2.24. The van der Waals surface area contributed by atoms with Crippen LogP contribution in [-0.2, 0) is 0 Å². The zero-order valence-electron chi connectivity index (χ0n) is 10.3. The van der Waals surface area contributed by atoms with Crippen LogP contribution in [0.4, 0.5) is 0 Å². The number of pyridine rings is 1. The molecule has 0 bridgehead atoms. The minimum Gasteiger partial charge on any atom is -0.486 e. The molecule has 2 aromatic rings. The predicted octanol–water partition coefficient (Wildman–Crippen LogP) is 2.07. The van der Waals surface area contributed by atoms with Gasteiger partial charge in [0.05, 0.1) is 5.69 Å². The van der Waals surface area contributed by atoms with Gasteiger partial charge in [0.1, 0.15) is 13.2 Å². The smallest absolute Gasteiger partial charge is 0.162 e. The summed E-state index contributed by atoms with van der Waals surface area (Å²) < 4.78 is 11.2. The number of hydrogen-bond acceptors (Lipinski definition) is 4. The molecule has 0 aliphatic carbocycles. The summed E-state index contributed by atoms with van der Waals surface area (Å²) in [6, 6.07) is 6.01. The molecule has 1 aliphatic heterocycles. The Morgan fingerprint density at radius 2 is 2.00 bits per heavy atom. The fraction of sp³-hybridized carbons (Fsp3) is 0.357. The Kier molecular flexibility index (Phi) is 2.80. The van der Waals surface area contributed by atoms with E-state index in [1.165, 1.54) is 0 Å². The summed E-state index contributed by atoms with van der Waals surface area (Å²) in [6.07, 6.45) is 1.82. The van der Waals surface area contributed by atoms with E-state index in [1.54, 1.807) is 0 Å². The van der Waals surface area contributed by atoms with E-state index in [2.05, 4.69) is 11.9 Å². The van der Waals surface area contributed by atoms with Gasteiger partial charge in [-0.3, -0.25) is 4.98 Å². The number of nitrogens with zero attached hydrogens (tertiary/aromatic N) is 1. The van der Waals surface area contributed by atoms with E-state index in [0.29, 0.717) is 19.8 Å². The van der Waals surface area contributed by atoms with Crippen molar-refractivity contribution in [3.8, 4) is 11.5 Å². The standard InChI is InChI=1S/C14H16N2O2/c1-9(8-15)14-11-7-13-12(17-4-5-18-13)6-10(11)2-3-16-14/h2-3,6-7,9H,4-5,8,15H2,1H3. The lowest BCUT2D eigenvalue weighted by Gasteiger charge is -2.20. The van der Waals surface area contributed by atoms with Gasteiger partial charge in [-0.1, -0.05) is 6.92 Å². The molecule has 1 aromatic carbocycles. The second-order valence-corrected chi connectivity index (χ2v) is 4.55. The Morgan fingerprint density at radius 3 is 2.72 bits per heavy atom. The average Bonchev–Trinajstić information content (AvgIpc) is 2.43. The SMILES string of the molecule is CC(CN)c1nccc2cc3c(cc12)OCCO3. The summed E-state index contributed by atoms with van der Waals surface area (Å²) in [5.74, 6) is 1.84. The van der Waals surface area contributed by atoms with Gasteiger partial charge in [0.25, 0.3) is 0 Å². The highest BCUT2D eigenvalue weighted by Crippen LogP contribution is 2.36. The highest BCUT2D eigenvalue weighted by molar-refractivity contribution is 5.88. The monoisotopic (exact) mass is 244 g/mol. The summed E-state index contributed by atoms with van der Waals surface area (Å²) >= 11 is 0. The van der Waals surface area contributed by atoms with Gasteiger partial charge < -0.3 is 15.2 Å². The van der Waals surface area contributed by atoms with Crippen molar-refractivity contribution in [2.45, 2.75) is 12.8 Å². The number of hydrogen-bond donors (Lipinski definition) is 1. The quantitative estimate of drug-likeness (QED) is 0.878. The zero-order chi connectivity index (χ0) is 12.5. The zero-order valence-corrected chi connectivity index (χ0v) is 10.3. The van der Waals surface area contributed by atoms with Crippen molar-refractivity contribution in [2.24, 2.45) is 5.73 Å². The second-order valence-electron chi connectivity index (χ2n) is 4.55. The molecule has 1 unspecified atom stereocenters. The lowest BCUT2D eigenvalue weighted by atomic mass is 10.00. The van der Waals surface area contributed by atoms with Crippen LogP contribution in [0.2, 0.25) is 0 Å². The normalized spacial score (nSPS) is 15.7. The Morgan fingerprint density at radius 1 is 1.28 bits per heavy atom. The van der Waals surface area contributed by atoms with Crippen molar-refractivity contribution in [2.75, 3.05) is 19.8 Å². The largest absolute Gasteiger partial charge is 0.486 e. The van der Waals surface area contributed by atoms with Crippen molar-refractivity contribution >= 4 is 10.8 Å². The fourth-order valence-electron chi connectivity index (χ4n) is 2.24. The minimum absolute atomic E-state index is 0.233. The van der Waals surface area contributed by atoms with E-state index in [9.17, 15) is 0 Å². The first-order chi connectivity index (χ1) is 8.79. The molecule has 18 heavy (non-hydrogen) atoms. The van der Waals surface area contributed by atoms with Crippen LogP contribution in [0.15, 0.2) is 24.4 Å². The summed E-state index contributed by atoms with van der Waals surface area (Å²) in [6.45, 7) is 3.87. The highest BCUT2D eigenvalue weighted by atomic mass is 16.6. The molecule has 1 atom stereocenters. The van der Waals surface area contributed by atoms with Crippen LogP contribution in [0, 0.1) is 0 Å². The minimum atomic E-state index is 0.233. The molecular formula is C14H16N2O2. The molecule has 2 N–H and O–H groups in total. The predicted molar refractivity (Wildman–Crippen MR) is 70.2 cm³/mol. The average molecular weight is 244 g/mol. The van der Waals surface area contributed by atoms with E-state index in [-0.39, 0.29) is 5.92 Å². The lowest BCUT2D eigenvalue weighted by molar-refractivity contribution is 0.172. The molecule has 0 fully saturated rings. The van der Waals surface area contributed by atoms with Gasteiger partial charge in [-0.2, -0.15) is 0 Å². The van der Waals surface area contributed by atoms with Gasteiger partial charge in [0.2, 0.25) is 0 Å². The van der Waals surface area contributed by atoms with Crippen LogP contribution >= 0.6 is 0 Å². The maximum Gasteiger partial charge on any atom is 0.162 e. The molecule has 0 saturated heterocycles. The van der Waals surface area contributed by atoms with Crippen molar-refractivity contribution in [3.05, 3.63) is 30.1 Å². The molecule has 0 amide bonds. The van der Waals surface area contributed by atoms with E-state index in [0.717, 1.165) is 28.0 Å². The maximum atomic E-state index is 5.74. The van der Waals surface area contributed by atoms with Crippen LogP contribution in [0.1, 0.15) is 18.5 Å². The highest BCUT2D eigenvalue weighted by Gasteiger charge is 2.16. The molecule has 94 valence electrons. The molecule has 1 aromatic heterocycles. The number of aromatic nitrogens is 1. The van der Waals surface area contributed by atoms with E-state index >= 15 is 0 Å². The van der Waals surface area contributed by atoms with Gasteiger partial charge in [-0.25, -0.2) is 0 Å². The van der Waals surface area contributed by atoms with E-state index in [1.807, 2.05) is 24.4 Å². The van der Waals surface area contributed by atoms with Gasteiger partial charge in [0, 0.05) is 24.0 Å². The molecule has 0 saturated carbocycles. The number of benzene rings is 1. The van der Waals surface area contributed by atoms with Gasteiger partial charge in [-0.05, 0) is 23.6 Å². The maximum absolute atomic E-state index is 5.74. The third kappa shape index (κ3) is 1.78. The first-order valence-corrected chi connectivity index (χ1v) is 6.18. The summed E-state index contributed by atoms with van der Waals surface area (Å²) in [7, 11) is 0. The van der Waals surface area contributed by atoms with Crippen molar-refractivity contribution in [3.63, 3.8) is 0 Å². The van der Waals surface area contributed by atoms with E-state index in [4.69, 9.17) is 15.2 Å². The second kappa shape index (κ2) is 4.46. The summed E-state index contributed by atoms with van der Waals surface area (Å²) in [5, 5.41) is 2.21. The molecule has 0 spiro atoms. The van der Waals surface area contributed by atoms with Crippen LogP contribution in [-0.4, -0.2) is 24.7 Å². The van der Waals surface area contributed by atoms with Crippen molar-refractivity contribution in [1.29, 1.82) is 0 Å². The molecule has 3 rings (SSSR count). The first kappa shape index (κ1) is 11.3. The topological polar surface area (TPSA) is 57.4 Å². The van der Waals surface area contributed by atoms with Crippen LogP contribution in [0.25, 0.3) is 10.8 Å². The summed E-state index contributed by atoms with van der Waals surface area (Å²) in [5.41, 5.74) is 6.76.